The summed E-state index contributed by atoms with van der Waals surface area (Å²) in [7, 11) is 0. The number of carboxylic acids is 1. The summed E-state index contributed by atoms with van der Waals surface area (Å²) in [6.07, 6.45) is 1.59. The maximum absolute atomic E-state index is 12.3. The Morgan fingerprint density at radius 2 is 2.25 bits per heavy atom. The van der Waals surface area contributed by atoms with Crippen LogP contribution in [0.2, 0.25) is 0 Å². The van der Waals surface area contributed by atoms with Crippen LogP contribution in [0.15, 0.2) is 6.20 Å². The van der Waals surface area contributed by atoms with E-state index in [4.69, 9.17) is 5.11 Å². The van der Waals surface area contributed by atoms with Crippen molar-refractivity contribution < 1.29 is 14.7 Å². The van der Waals surface area contributed by atoms with Crippen LogP contribution in [-0.2, 0) is 4.79 Å². The monoisotopic (exact) mass is 281 g/mol. The first-order chi connectivity index (χ1) is 9.47. The molecule has 0 aliphatic carbocycles. The second-order valence-corrected chi connectivity index (χ2v) is 5.37. The Labute approximate surface area is 116 Å². The van der Waals surface area contributed by atoms with Crippen molar-refractivity contribution in [1.29, 1.82) is 0 Å². The molecular weight excluding hydrogens is 262 g/mol. The van der Waals surface area contributed by atoms with Gasteiger partial charge in [-0.3, -0.25) is 9.59 Å². The minimum absolute atomic E-state index is 0.184. The van der Waals surface area contributed by atoms with Gasteiger partial charge in [0.1, 0.15) is 6.54 Å². The summed E-state index contributed by atoms with van der Waals surface area (Å²) in [6, 6.07) is 0.224. The third-order valence-electron chi connectivity index (χ3n) is 3.06. The third-order valence-corrected chi connectivity index (χ3v) is 3.06. The number of rotatable bonds is 6. The Kier molecular flexibility index (Phi) is 4.33. The molecule has 110 valence electrons. The van der Waals surface area contributed by atoms with Crippen LogP contribution in [-0.4, -0.2) is 63.1 Å². The largest absolute Gasteiger partial charge is 0.480 e. The Morgan fingerprint density at radius 3 is 2.75 bits per heavy atom. The summed E-state index contributed by atoms with van der Waals surface area (Å²) in [5.41, 5.74) is 0.193. The molecule has 1 saturated heterocycles. The van der Waals surface area contributed by atoms with E-state index in [1.807, 2.05) is 13.8 Å². The lowest BCUT2D eigenvalue weighted by Gasteiger charge is -2.26. The fourth-order valence-electron chi connectivity index (χ4n) is 2.00. The fraction of sp³-hybridized carbons (Fsp3) is 0.667. The number of hydrogen-bond donors (Lipinski definition) is 2. The number of aliphatic carboxylic acids is 1. The number of nitrogens with zero attached hydrogens (tertiary/aromatic N) is 4. The highest BCUT2D eigenvalue weighted by Gasteiger charge is 2.25. The second-order valence-electron chi connectivity index (χ2n) is 5.37. The molecular formula is C12H19N5O3. The van der Waals surface area contributed by atoms with Crippen LogP contribution < -0.4 is 5.32 Å². The smallest absolute Gasteiger partial charge is 0.323 e. The van der Waals surface area contributed by atoms with Crippen LogP contribution in [0, 0.1) is 5.92 Å². The lowest BCUT2D eigenvalue weighted by Crippen LogP contribution is -2.43. The fourth-order valence-corrected chi connectivity index (χ4v) is 2.00. The van der Waals surface area contributed by atoms with Crippen molar-refractivity contribution in [3.05, 3.63) is 11.9 Å². The average molecular weight is 281 g/mol. The predicted octanol–water partition coefficient (Wildman–Crippen LogP) is -0.395. The molecule has 0 aromatic carbocycles. The van der Waals surface area contributed by atoms with Gasteiger partial charge in [-0.1, -0.05) is 19.1 Å². The van der Waals surface area contributed by atoms with Crippen LogP contribution in [0.3, 0.4) is 0 Å². The molecule has 1 fully saturated rings. The quantitative estimate of drug-likeness (QED) is 0.736. The first-order valence-electron chi connectivity index (χ1n) is 6.61. The van der Waals surface area contributed by atoms with Gasteiger partial charge in [-0.25, -0.2) is 4.68 Å². The van der Waals surface area contributed by atoms with Gasteiger partial charge in [-0.2, -0.15) is 0 Å². The zero-order chi connectivity index (χ0) is 14.7. The first-order valence-corrected chi connectivity index (χ1v) is 6.61. The topological polar surface area (TPSA) is 100 Å². The molecule has 0 bridgehead atoms. The van der Waals surface area contributed by atoms with Crippen LogP contribution in [0.4, 0.5) is 0 Å². The Morgan fingerprint density at radius 1 is 1.55 bits per heavy atom. The maximum Gasteiger partial charge on any atom is 0.323 e. The highest BCUT2D eigenvalue weighted by atomic mass is 16.4. The molecule has 2 rings (SSSR count). The number of amides is 1. The average Bonchev–Trinajstić information content (AvgIpc) is 2.72. The number of nitrogens with one attached hydrogen (secondary N) is 1. The summed E-state index contributed by atoms with van der Waals surface area (Å²) < 4.78 is 1.65. The third kappa shape index (κ3) is 3.32. The van der Waals surface area contributed by atoms with Gasteiger partial charge < -0.3 is 15.3 Å². The summed E-state index contributed by atoms with van der Waals surface area (Å²) in [6.45, 7) is 5.53. The van der Waals surface area contributed by atoms with E-state index in [-0.39, 0.29) is 30.1 Å². The Hall–Kier alpha value is -1.96. The molecule has 1 amide bonds. The minimum atomic E-state index is -1.03. The number of carbonyl (C=O) groups excluding carboxylic acids is 1. The van der Waals surface area contributed by atoms with E-state index >= 15 is 0 Å². The van der Waals surface area contributed by atoms with Crippen LogP contribution in [0.25, 0.3) is 0 Å². The van der Waals surface area contributed by atoms with Gasteiger partial charge in [0.15, 0.2) is 5.69 Å². The molecule has 8 nitrogen and oxygen atoms in total. The van der Waals surface area contributed by atoms with E-state index in [0.29, 0.717) is 6.54 Å². The SMILES string of the molecule is CC(C)CN(CC(=O)O)C(=O)c1cn(C2CNC2)nn1. The van der Waals surface area contributed by atoms with E-state index in [1.54, 1.807) is 10.9 Å². The molecule has 2 heterocycles. The highest BCUT2D eigenvalue weighted by Crippen LogP contribution is 2.11. The summed E-state index contributed by atoms with van der Waals surface area (Å²) >= 11 is 0. The number of hydrogen-bond acceptors (Lipinski definition) is 5. The number of carbonyl (C=O) groups is 2. The van der Waals surface area contributed by atoms with E-state index in [2.05, 4.69) is 15.6 Å². The van der Waals surface area contributed by atoms with Gasteiger partial charge in [0.25, 0.3) is 5.91 Å². The second kappa shape index (κ2) is 6.00. The van der Waals surface area contributed by atoms with Crippen molar-refractivity contribution >= 4 is 11.9 Å². The highest BCUT2D eigenvalue weighted by molar-refractivity contribution is 5.93. The molecule has 1 aliphatic rings. The Bertz CT molecular complexity index is 495. The molecule has 1 aromatic rings. The van der Waals surface area contributed by atoms with Crippen LogP contribution in [0.1, 0.15) is 30.4 Å². The molecule has 0 unspecified atom stereocenters. The number of aromatic nitrogens is 3. The van der Waals surface area contributed by atoms with E-state index in [1.165, 1.54) is 4.90 Å². The van der Waals surface area contributed by atoms with Gasteiger partial charge in [0, 0.05) is 19.6 Å². The maximum atomic E-state index is 12.3. The van der Waals surface area contributed by atoms with Crippen molar-refractivity contribution in [2.75, 3.05) is 26.2 Å². The molecule has 0 spiro atoms. The summed E-state index contributed by atoms with van der Waals surface area (Å²) in [5.74, 6) is -1.24. The van der Waals surface area contributed by atoms with Crippen molar-refractivity contribution in [3.8, 4) is 0 Å². The van der Waals surface area contributed by atoms with Gasteiger partial charge >= 0.3 is 5.97 Å². The van der Waals surface area contributed by atoms with Crippen molar-refractivity contribution in [3.63, 3.8) is 0 Å². The predicted molar refractivity (Wildman–Crippen MR) is 70.3 cm³/mol. The molecule has 20 heavy (non-hydrogen) atoms. The van der Waals surface area contributed by atoms with Gasteiger partial charge in [0.05, 0.1) is 12.2 Å². The molecule has 1 aromatic heterocycles. The van der Waals surface area contributed by atoms with E-state index in [0.717, 1.165) is 13.1 Å². The summed E-state index contributed by atoms with van der Waals surface area (Å²) in [4.78, 5) is 24.4. The first kappa shape index (κ1) is 14.4. The normalized spacial score (nSPS) is 15.2. The molecule has 2 N–H and O–H groups in total. The molecule has 1 aliphatic heterocycles. The molecule has 0 radical (unpaired) electrons. The zero-order valence-corrected chi connectivity index (χ0v) is 11.6. The summed E-state index contributed by atoms with van der Waals surface area (Å²) in [5, 5.41) is 19.8. The van der Waals surface area contributed by atoms with Crippen molar-refractivity contribution in [1.82, 2.24) is 25.2 Å². The van der Waals surface area contributed by atoms with Crippen molar-refractivity contribution in [2.24, 2.45) is 5.92 Å². The molecule has 0 atom stereocenters. The van der Waals surface area contributed by atoms with Gasteiger partial charge in [-0.15, -0.1) is 5.10 Å². The zero-order valence-electron chi connectivity index (χ0n) is 11.6. The number of carboxylic acid groups (broad SMARTS) is 1. The van der Waals surface area contributed by atoms with Gasteiger partial charge in [0.2, 0.25) is 0 Å². The van der Waals surface area contributed by atoms with E-state index in [9.17, 15) is 9.59 Å². The van der Waals surface area contributed by atoms with Gasteiger partial charge in [-0.05, 0) is 5.92 Å². The standard InChI is InChI=1S/C12H19N5O3/c1-8(2)5-16(7-11(18)19)12(20)10-6-17(15-14-10)9-3-13-4-9/h6,8-9,13H,3-5,7H2,1-2H3,(H,18,19). The van der Waals surface area contributed by atoms with Crippen molar-refractivity contribution in [2.45, 2.75) is 19.9 Å². The Balaban J connectivity index is 2.08. The molecule has 8 heteroatoms. The lowest BCUT2D eigenvalue weighted by atomic mass is 10.2. The van der Waals surface area contributed by atoms with Crippen LogP contribution >= 0.6 is 0 Å². The minimum Gasteiger partial charge on any atom is -0.480 e. The molecule has 0 saturated carbocycles. The van der Waals surface area contributed by atoms with Crippen LogP contribution in [0.5, 0.6) is 0 Å². The van der Waals surface area contributed by atoms with E-state index < -0.39 is 5.97 Å². The lowest BCUT2D eigenvalue weighted by molar-refractivity contribution is -0.137.